The van der Waals surface area contributed by atoms with Crippen LogP contribution >= 0.6 is 0 Å². The van der Waals surface area contributed by atoms with Crippen LogP contribution in [0.3, 0.4) is 0 Å². The minimum absolute atomic E-state index is 0.0443. The summed E-state index contributed by atoms with van der Waals surface area (Å²) in [7, 11) is 1.57. The molecule has 1 aliphatic rings. The van der Waals surface area contributed by atoms with Crippen molar-refractivity contribution in [3.63, 3.8) is 0 Å². The SMILES string of the molecule is CN1C=CCC(C(=O)C(F)(F)F)=C1. The van der Waals surface area contributed by atoms with Crippen LogP contribution < -0.4 is 0 Å². The highest BCUT2D eigenvalue weighted by atomic mass is 19.4. The van der Waals surface area contributed by atoms with Crippen molar-refractivity contribution in [2.75, 3.05) is 7.05 Å². The molecule has 0 amide bonds. The number of carbonyl (C=O) groups excluding carboxylic acids is 1. The highest BCUT2D eigenvalue weighted by molar-refractivity contribution is 5.99. The molecule has 1 aliphatic heterocycles. The van der Waals surface area contributed by atoms with Crippen LogP contribution in [0.4, 0.5) is 13.2 Å². The smallest absolute Gasteiger partial charge is 0.357 e. The molecular weight excluding hydrogens is 183 g/mol. The van der Waals surface area contributed by atoms with E-state index in [1.165, 1.54) is 17.2 Å². The average Bonchev–Trinajstić information content (AvgIpc) is 2.01. The average molecular weight is 191 g/mol. The molecule has 0 aliphatic carbocycles. The Morgan fingerprint density at radius 3 is 2.62 bits per heavy atom. The molecule has 0 aromatic rings. The molecule has 0 N–H and O–H groups in total. The Balaban J connectivity index is 2.80. The van der Waals surface area contributed by atoms with Gasteiger partial charge in [-0.3, -0.25) is 4.79 Å². The first-order valence-corrected chi connectivity index (χ1v) is 3.62. The van der Waals surface area contributed by atoms with Gasteiger partial charge in [0.15, 0.2) is 0 Å². The number of allylic oxidation sites excluding steroid dienone is 2. The predicted molar refractivity (Wildman–Crippen MR) is 40.7 cm³/mol. The quantitative estimate of drug-likeness (QED) is 0.630. The Labute approximate surface area is 73.3 Å². The first-order chi connectivity index (χ1) is 5.91. The van der Waals surface area contributed by atoms with Crippen molar-refractivity contribution in [2.45, 2.75) is 12.6 Å². The largest absolute Gasteiger partial charge is 0.454 e. The topological polar surface area (TPSA) is 20.3 Å². The summed E-state index contributed by atoms with van der Waals surface area (Å²) in [4.78, 5) is 12.1. The predicted octanol–water partition coefficient (Wildman–Crippen LogP) is 1.85. The van der Waals surface area contributed by atoms with Crippen molar-refractivity contribution in [3.05, 3.63) is 24.0 Å². The molecule has 2 nitrogen and oxygen atoms in total. The molecule has 0 unspecified atom stereocenters. The molecule has 0 aromatic carbocycles. The van der Waals surface area contributed by atoms with Crippen molar-refractivity contribution in [1.82, 2.24) is 4.90 Å². The molecule has 0 saturated heterocycles. The molecule has 0 aromatic heterocycles. The third-order valence-corrected chi connectivity index (χ3v) is 1.59. The zero-order valence-corrected chi connectivity index (χ0v) is 6.93. The molecule has 5 heteroatoms. The number of rotatable bonds is 1. The van der Waals surface area contributed by atoms with Gasteiger partial charge in [-0.2, -0.15) is 13.2 Å². The highest BCUT2D eigenvalue weighted by Gasteiger charge is 2.40. The molecule has 0 radical (unpaired) electrons. The summed E-state index contributed by atoms with van der Waals surface area (Å²) in [5, 5.41) is 0. The Morgan fingerprint density at radius 1 is 1.54 bits per heavy atom. The number of hydrogen-bond acceptors (Lipinski definition) is 2. The fourth-order valence-electron chi connectivity index (χ4n) is 1.02. The van der Waals surface area contributed by atoms with Crippen LogP contribution in [-0.4, -0.2) is 23.9 Å². The van der Waals surface area contributed by atoms with Gasteiger partial charge in [0.2, 0.25) is 0 Å². The van der Waals surface area contributed by atoms with Gasteiger partial charge in [0, 0.05) is 18.8 Å². The number of nitrogens with zero attached hydrogens (tertiary/aromatic N) is 1. The van der Waals surface area contributed by atoms with E-state index < -0.39 is 12.0 Å². The Morgan fingerprint density at radius 2 is 2.15 bits per heavy atom. The fraction of sp³-hybridized carbons (Fsp3) is 0.375. The molecule has 72 valence electrons. The van der Waals surface area contributed by atoms with E-state index in [-0.39, 0.29) is 12.0 Å². The maximum atomic E-state index is 11.9. The zero-order valence-electron chi connectivity index (χ0n) is 6.93. The van der Waals surface area contributed by atoms with E-state index in [0.29, 0.717) is 0 Å². The lowest BCUT2D eigenvalue weighted by Crippen LogP contribution is -2.26. The molecule has 0 saturated carbocycles. The van der Waals surface area contributed by atoms with Gasteiger partial charge in [-0.1, -0.05) is 6.08 Å². The van der Waals surface area contributed by atoms with E-state index in [1.54, 1.807) is 13.2 Å². The molecule has 0 atom stereocenters. The first-order valence-electron chi connectivity index (χ1n) is 3.62. The van der Waals surface area contributed by atoms with Crippen LogP contribution in [0.5, 0.6) is 0 Å². The van der Waals surface area contributed by atoms with E-state index >= 15 is 0 Å². The lowest BCUT2D eigenvalue weighted by atomic mass is 10.1. The number of carbonyl (C=O) groups is 1. The zero-order chi connectivity index (χ0) is 10.1. The van der Waals surface area contributed by atoms with Gasteiger partial charge in [0.05, 0.1) is 0 Å². The number of halogens is 3. The minimum atomic E-state index is -4.77. The van der Waals surface area contributed by atoms with E-state index in [9.17, 15) is 18.0 Å². The number of hydrogen-bond donors (Lipinski definition) is 0. The second kappa shape index (κ2) is 3.24. The van der Waals surface area contributed by atoms with Crippen LogP contribution in [0.25, 0.3) is 0 Å². The van der Waals surface area contributed by atoms with Crippen molar-refractivity contribution < 1.29 is 18.0 Å². The summed E-state index contributed by atoms with van der Waals surface area (Å²) in [6.07, 6.45) is -0.414. The Hall–Kier alpha value is -1.26. The summed E-state index contributed by atoms with van der Waals surface area (Å²) < 4.78 is 35.8. The number of Topliss-reactive ketones (excluding diaryl/α,β-unsaturated/α-hetero) is 1. The maximum Gasteiger partial charge on any atom is 0.454 e. The Bertz CT molecular complexity index is 278. The second-order valence-corrected chi connectivity index (χ2v) is 2.74. The molecule has 1 heterocycles. The van der Waals surface area contributed by atoms with Crippen LogP contribution in [0, 0.1) is 0 Å². The van der Waals surface area contributed by atoms with Crippen LogP contribution in [0.1, 0.15) is 6.42 Å². The maximum absolute atomic E-state index is 11.9. The first kappa shape index (κ1) is 9.83. The summed E-state index contributed by atoms with van der Waals surface area (Å²) in [6.45, 7) is 0. The van der Waals surface area contributed by atoms with Gasteiger partial charge in [0.1, 0.15) is 0 Å². The van der Waals surface area contributed by atoms with Crippen molar-refractivity contribution in [3.8, 4) is 0 Å². The number of alkyl halides is 3. The van der Waals surface area contributed by atoms with Gasteiger partial charge in [-0.15, -0.1) is 0 Å². The second-order valence-electron chi connectivity index (χ2n) is 2.74. The van der Waals surface area contributed by atoms with Crippen LogP contribution in [-0.2, 0) is 4.79 Å². The molecule has 0 bridgehead atoms. The normalized spacial score (nSPS) is 17.2. The monoisotopic (exact) mass is 191 g/mol. The Kier molecular flexibility index (Phi) is 2.45. The molecule has 13 heavy (non-hydrogen) atoms. The van der Waals surface area contributed by atoms with Gasteiger partial charge in [0.25, 0.3) is 5.78 Å². The van der Waals surface area contributed by atoms with E-state index in [1.807, 2.05) is 0 Å². The molecule has 0 fully saturated rings. The van der Waals surface area contributed by atoms with Crippen molar-refractivity contribution in [1.29, 1.82) is 0 Å². The lowest BCUT2D eigenvalue weighted by Gasteiger charge is -2.16. The molecular formula is C8H8F3NO. The van der Waals surface area contributed by atoms with Crippen molar-refractivity contribution >= 4 is 5.78 Å². The third kappa shape index (κ3) is 2.34. The van der Waals surface area contributed by atoms with Gasteiger partial charge >= 0.3 is 6.18 Å². The highest BCUT2D eigenvalue weighted by Crippen LogP contribution is 2.24. The van der Waals surface area contributed by atoms with Crippen LogP contribution in [0.2, 0.25) is 0 Å². The lowest BCUT2D eigenvalue weighted by molar-refractivity contribution is -0.166. The number of ketones is 1. The minimum Gasteiger partial charge on any atom is -0.357 e. The van der Waals surface area contributed by atoms with Crippen LogP contribution in [0.15, 0.2) is 24.0 Å². The summed E-state index contributed by atoms with van der Waals surface area (Å²) in [5.74, 6) is -1.76. The van der Waals surface area contributed by atoms with Gasteiger partial charge in [-0.25, -0.2) is 0 Å². The van der Waals surface area contributed by atoms with Crippen molar-refractivity contribution in [2.24, 2.45) is 0 Å². The summed E-state index contributed by atoms with van der Waals surface area (Å²) >= 11 is 0. The van der Waals surface area contributed by atoms with Gasteiger partial charge < -0.3 is 4.90 Å². The summed E-state index contributed by atoms with van der Waals surface area (Å²) in [6, 6.07) is 0. The molecule has 0 spiro atoms. The summed E-state index contributed by atoms with van der Waals surface area (Å²) in [5.41, 5.74) is -0.225. The van der Waals surface area contributed by atoms with E-state index in [4.69, 9.17) is 0 Å². The molecule has 1 rings (SSSR count). The van der Waals surface area contributed by atoms with E-state index in [0.717, 1.165) is 0 Å². The van der Waals surface area contributed by atoms with Gasteiger partial charge in [-0.05, 0) is 12.6 Å². The van der Waals surface area contributed by atoms with E-state index in [2.05, 4.69) is 0 Å². The fourth-order valence-corrected chi connectivity index (χ4v) is 1.02. The third-order valence-electron chi connectivity index (χ3n) is 1.59. The standard InChI is InChI=1S/C8H8F3NO/c1-12-4-2-3-6(5-12)7(13)8(9,10)11/h2,4-5H,3H2,1H3.